The zero-order valence-corrected chi connectivity index (χ0v) is 38.6. The van der Waals surface area contributed by atoms with Gasteiger partial charge in [0.2, 0.25) is 0 Å². The number of para-hydroxylation sites is 1. The average molecular weight is 891 g/mol. The van der Waals surface area contributed by atoms with Gasteiger partial charge in [0, 0.05) is 33.5 Å². The molecule has 0 amide bonds. The van der Waals surface area contributed by atoms with E-state index in [2.05, 4.69) is 264 Å². The Bertz CT molecular complexity index is 4110. The van der Waals surface area contributed by atoms with E-state index in [9.17, 15) is 0 Å². The molecule has 14 rings (SSSR count). The van der Waals surface area contributed by atoms with Crippen LogP contribution in [0.2, 0.25) is 0 Å². The van der Waals surface area contributed by atoms with Crippen molar-refractivity contribution in [1.29, 1.82) is 0 Å². The van der Waals surface area contributed by atoms with E-state index >= 15 is 0 Å². The van der Waals surface area contributed by atoms with Crippen LogP contribution >= 0.6 is 0 Å². The van der Waals surface area contributed by atoms with Crippen LogP contribution in [0.25, 0.3) is 104 Å². The molecule has 1 aromatic heterocycles. The van der Waals surface area contributed by atoms with Crippen LogP contribution in [0.1, 0.15) is 11.1 Å². The molecule has 0 saturated heterocycles. The number of aromatic nitrogens is 1. The smallest absolute Gasteiger partial charge is 0.0541 e. The van der Waals surface area contributed by atoms with E-state index in [0.717, 1.165) is 35.6 Å². The molecule has 0 unspecified atom stereocenters. The molecule has 328 valence electrons. The fourth-order valence-electron chi connectivity index (χ4n) is 11.6. The molecule has 1 aliphatic rings. The lowest BCUT2D eigenvalue weighted by molar-refractivity contribution is 0.944. The lowest BCUT2D eigenvalue weighted by Gasteiger charge is -2.27. The number of nitrogens with zero attached hydrogens (tertiary/aromatic N) is 2. The Morgan fingerprint density at radius 2 is 0.771 bits per heavy atom. The molecule has 0 saturated carbocycles. The molecule has 13 aromatic rings. The van der Waals surface area contributed by atoms with Crippen LogP contribution in [-0.2, 0) is 12.8 Å². The third-order valence-electron chi connectivity index (χ3n) is 14.9. The fraction of sp³-hybridized carbons (Fsp3) is 0.0294. The van der Waals surface area contributed by atoms with Crippen LogP contribution in [0.15, 0.2) is 255 Å². The summed E-state index contributed by atoms with van der Waals surface area (Å²) in [6.45, 7) is 0. The molecule has 0 fully saturated rings. The average Bonchev–Trinajstić information content (AvgIpc) is 3.77. The van der Waals surface area contributed by atoms with Crippen molar-refractivity contribution in [2.75, 3.05) is 4.90 Å². The largest absolute Gasteiger partial charge is 0.310 e. The third-order valence-corrected chi connectivity index (χ3v) is 14.9. The van der Waals surface area contributed by atoms with Gasteiger partial charge >= 0.3 is 0 Å². The van der Waals surface area contributed by atoms with Crippen LogP contribution in [-0.4, -0.2) is 4.57 Å². The minimum Gasteiger partial charge on any atom is -0.310 e. The van der Waals surface area contributed by atoms with Gasteiger partial charge in [-0.05, 0) is 168 Å². The second kappa shape index (κ2) is 16.4. The monoisotopic (exact) mass is 890 g/mol. The van der Waals surface area contributed by atoms with E-state index in [0.29, 0.717) is 0 Å². The predicted octanol–water partition coefficient (Wildman–Crippen LogP) is 18.5. The van der Waals surface area contributed by atoms with E-state index in [1.165, 1.54) is 110 Å². The van der Waals surface area contributed by atoms with E-state index < -0.39 is 0 Å². The number of aryl methyl sites for hydroxylation is 1. The molecular formula is C68H46N2. The second-order valence-corrected chi connectivity index (χ2v) is 18.7. The molecule has 0 spiro atoms. The van der Waals surface area contributed by atoms with Gasteiger partial charge in [-0.15, -0.1) is 0 Å². The van der Waals surface area contributed by atoms with Gasteiger partial charge in [0.1, 0.15) is 0 Å². The number of benzene rings is 12. The molecule has 70 heavy (non-hydrogen) atoms. The SMILES string of the molecule is c1ccc(-c2ccc(-n3c4ccccc4c4cc(-c5ccc(N(c6ccc(-c7cccc8c7CCc7ccccc7-8)cc6)c6ccc7c8ccccc8c8ccccc8c7c6)cc5)ccc43)cc2)cc1. The van der Waals surface area contributed by atoms with Gasteiger partial charge < -0.3 is 9.47 Å². The zero-order valence-electron chi connectivity index (χ0n) is 38.6. The quantitative estimate of drug-likeness (QED) is 0.145. The molecule has 2 heteroatoms. The van der Waals surface area contributed by atoms with E-state index in [1.807, 2.05) is 0 Å². The van der Waals surface area contributed by atoms with Crippen LogP contribution in [0.4, 0.5) is 17.1 Å². The first-order valence-electron chi connectivity index (χ1n) is 24.5. The fourth-order valence-corrected chi connectivity index (χ4v) is 11.6. The lowest BCUT2D eigenvalue weighted by atomic mass is 9.82. The first kappa shape index (κ1) is 40.1. The highest BCUT2D eigenvalue weighted by Crippen LogP contribution is 2.44. The van der Waals surface area contributed by atoms with E-state index in [4.69, 9.17) is 0 Å². The number of fused-ring (bicyclic) bond motifs is 12. The highest BCUT2D eigenvalue weighted by atomic mass is 15.1. The van der Waals surface area contributed by atoms with E-state index in [1.54, 1.807) is 0 Å². The number of hydrogen-bond donors (Lipinski definition) is 0. The van der Waals surface area contributed by atoms with Gasteiger partial charge in [-0.1, -0.05) is 188 Å². The Balaban J connectivity index is 0.871. The first-order valence-corrected chi connectivity index (χ1v) is 24.5. The molecule has 0 N–H and O–H groups in total. The highest BCUT2D eigenvalue weighted by molar-refractivity contribution is 6.26. The molecular weight excluding hydrogens is 845 g/mol. The van der Waals surface area contributed by atoms with Gasteiger partial charge in [0.15, 0.2) is 0 Å². The number of rotatable bonds is 7. The van der Waals surface area contributed by atoms with Crippen LogP contribution in [0.3, 0.4) is 0 Å². The Labute approximate surface area is 407 Å². The maximum atomic E-state index is 2.42. The summed E-state index contributed by atoms with van der Waals surface area (Å²) in [6.07, 6.45) is 2.11. The van der Waals surface area contributed by atoms with Crippen molar-refractivity contribution in [2.45, 2.75) is 12.8 Å². The van der Waals surface area contributed by atoms with Crippen molar-refractivity contribution in [3.05, 3.63) is 266 Å². The maximum Gasteiger partial charge on any atom is 0.0541 e. The maximum absolute atomic E-state index is 2.42. The van der Waals surface area contributed by atoms with Crippen LogP contribution < -0.4 is 4.90 Å². The minimum absolute atomic E-state index is 1.04. The molecule has 0 radical (unpaired) electrons. The number of anilines is 3. The van der Waals surface area contributed by atoms with Crippen molar-refractivity contribution in [1.82, 2.24) is 4.57 Å². The second-order valence-electron chi connectivity index (χ2n) is 18.7. The molecule has 0 aliphatic heterocycles. The zero-order chi connectivity index (χ0) is 46.1. The Hall–Kier alpha value is -8.98. The predicted molar refractivity (Wildman–Crippen MR) is 297 cm³/mol. The normalized spacial score (nSPS) is 12.2. The minimum atomic E-state index is 1.04. The first-order chi connectivity index (χ1) is 34.7. The summed E-state index contributed by atoms with van der Waals surface area (Å²) in [6, 6.07) is 94.1. The van der Waals surface area contributed by atoms with Gasteiger partial charge in [0.25, 0.3) is 0 Å². The van der Waals surface area contributed by atoms with Crippen molar-refractivity contribution in [3.8, 4) is 50.2 Å². The summed E-state index contributed by atoms with van der Waals surface area (Å²) in [7, 11) is 0. The lowest BCUT2D eigenvalue weighted by Crippen LogP contribution is -2.10. The summed E-state index contributed by atoms with van der Waals surface area (Å²) in [5.74, 6) is 0. The van der Waals surface area contributed by atoms with Gasteiger partial charge in [0.05, 0.1) is 11.0 Å². The molecule has 1 heterocycles. The Morgan fingerprint density at radius 1 is 0.271 bits per heavy atom. The summed E-state index contributed by atoms with van der Waals surface area (Å²) in [4.78, 5) is 2.42. The highest BCUT2D eigenvalue weighted by Gasteiger charge is 2.21. The van der Waals surface area contributed by atoms with Crippen molar-refractivity contribution in [3.63, 3.8) is 0 Å². The van der Waals surface area contributed by atoms with Crippen LogP contribution in [0, 0.1) is 0 Å². The Kier molecular flexibility index (Phi) is 9.38. The third kappa shape index (κ3) is 6.56. The molecule has 0 atom stereocenters. The standard InChI is InChI=1S/C68H46N2/c1-2-13-45(14-3-1)46-25-35-53(36-26-46)70-67-24-11-10-21-64(67)66-43-50(32-42-68(66)70)47-27-33-51(34-28-47)69(54-39-41-63-60-19-7-6-17-58(60)59-18-8-9-20-61(59)65(63)44-54)52-37-29-49(30-38-52)56-22-12-23-57-55-16-5-4-15-48(55)31-40-62(56)57/h1-30,32-39,41-44H,31,40H2. The van der Waals surface area contributed by atoms with Crippen molar-refractivity contribution in [2.24, 2.45) is 0 Å². The number of hydrogen-bond acceptors (Lipinski definition) is 1. The topological polar surface area (TPSA) is 8.17 Å². The van der Waals surface area contributed by atoms with Gasteiger partial charge in [-0.25, -0.2) is 0 Å². The summed E-state index contributed by atoms with van der Waals surface area (Å²) >= 11 is 0. The summed E-state index contributed by atoms with van der Waals surface area (Å²) in [5.41, 5.74) is 19.9. The molecule has 1 aliphatic carbocycles. The molecule has 12 aromatic carbocycles. The molecule has 2 nitrogen and oxygen atoms in total. The summed E-state index contributed by atoms with van der Waals surface area (Å²) in [5, 5.41) is 10.1. The van der Waals surface area contributed by atoms with Gasteiger partial charge in [-0.2, -0.15) is 0 Å². The van der Waals surface area contributed by atoms with Gasteiger partial charge in [-0.3, -0.25) is 0 Å². The van der Waals surface area contributed by atoms with Crippen molar-refractivity contribution < 1.29 is 0 Å². The Morgan fingerprint density at radius 3 is 1.50 bits per heavy atom. The summed E-state index contributed by atoms with van der Waals surface area (Å²) < 4.78 is 2.40. The van der Waals surface area contributed by atoms with E-state index in [-0.39, 0.29) is 0 Å². The van der Waals surface area contributed by atoms with Crippen LogP contribution in [0.5, 0.6) is 0 Å². The van der Waals surface area contributed by atoms with Crippen molar-refractivity contribution >= 4 is 71.2 Å². The molecule has 0 bridgehead atoms.